The van der Waals surface area contributed by atoms with Gasteiger partial charge in [0.15, 0.2) is 0 Å². The Morgan fingerprint density at radius 1 is 1.38 bits per heavy atom. The number of amides is 1. The molecule has 0 N–H and O–H groups in total. The molecule has 1 aromatic carbocycles. The largest absolute Gasteiger partial charge is 0.469 e. The molecule has 0 aromatic heterocycles. The number of nitrogens with zero attached hydrogens (tertiary/aromatic N) is 2. The zero-order valence-electron chi connectivity index (χ0n) is 12.6. The Labute approximate surface area is 124 Å². The highest BCUT2D eigenvalue weighted by Crippen LogP contribution is 2.25. The SMILES string of the molecule is COC(=O)CC1N=Cc2ccccc2N(CC(C)C)C1=O. The van der Waals surface area contributed by atoms with E-state index in [1.807, 2.05) is 24.3 Å². The van der Waals surface area contributed by atoms with E-state index in [1.54, 1.807) is 11.1 Å². The second kappa shape index (κ2) is 6.52. The van der Waals surface area contributed by atoms with Gasteiger partial charge in [-0.3, -0.25) is 14.6 Å². The number of benzene rings is 1. The molecule has 1 atom stereocenters. The fraction of sp³-hybridized carbons (Fsp3) is 0.438. The molecule has 5 heteroatoms. The third-order valence-corrected chi connectivity index (χ3v) is 3.31. The molecule has 21 heavy (non-hydrogen) atoms. The third-order valence-electron chi connectivity index (χ3n) is 3.31. The molecule has 2 rings (SSSR count). The Morgan fingerprint density at radius 3 is 2.76 bits per heavy atom. The van der Waals surface area contributed by atoms with Crippen molar-refractivity contribution < 1.29 is 14.3 Å². The van der Waals surface area contributed by atoms with E-state index in [0.717, 1.165) is 11.3 Å². The Hall–Kier alpha value is -2.17. The average molecular weight is 288 g/mol. The topological polar surface area (TPSA) is 59.0 Å². The van der Waals surface area contributed by atoms with E-state index in [0.29, 0.717) is 12.5 Å². The minimum Gasteiger partial charge on any atom is -0.469 e. The van der Waals surface area contributed by atoms with E-state index in [9.17, 15) is 9.59 Å². The van der Waals surface area contributed by atoms with E-state index in [2.05, 4.69) is 23.6 Å². The van der Waals surface area contributed by atoms with Gasteiger partial charge < -0.3 is 9.64 Å². The summed E-state index contributed by atoms with van der Waals surface area (Å²) >= 11 is 0. The predicted molar refractivity (Wildman–Crippen MR) is 81.6 cm³/mol. The van der Waals surface area contributed by atoms with Crippen LogP contribution >= 0.6 is 0 Å². The number of para-hydroxylation sites is 1. The molecule has 0 fully saturated rings. The van der Waals surface area contributed by atoms with Crippen molar-refractivity contribution in [2.45, 2.75) is 26.3 Å². The Balaban J connectivity index is 2.36. The van der Waals surface area contributed by atoms with Gasteiger partial charge in [0.1, 0.15) is 6.04 Å². The number of ether oxygens (including phenoxy) is 1. The molecular formula is C16H20N2O3. The summed E-state index contributed by atoms with van der Waals surface area (Å²) in [5, 5.41) is 0. The summed E-state index contributed by atoms with van der Waals surface area (Å²) in [6.07, 6.45) is 1.63. The highest BCUT2D eigenvalue weighted by atomic mass is 16.5. The van der Waals surface area contributed by atoms with Crippen LogP contribution in [0.5, 0.6) is 0 Å². The molecular weight excluding hydrogens is 268 g/mol. The Bertz CT molecular complexity index is 566. The summed E-state index contributed by atoms with van der Waals surface area (Å²) in [5.41, 5.74) is 1.73. The lowest BCUT2D eigenvalue weighted by atomic mass is 10.1. The van der Waals surface area contributed by atoms with Crippen LogP contribution < -0.4 is 4.90 Å². The predicted octanol–water partition coefficient (Wildman–Crippen LogP) is 2.04. The molecule has 112 valence electrons. The molecule has 0 spiro atoms. The number of anilines is 1. The Kier molecular flexibility index (Phi) is 4.73. The van der Waals surface area contributed by atoms with E-state index in [4.69, 9.17) is 0 Å². The van der Waals surface area contributed by atoms with Gasteiger partial charge in [-0.05, 0) is 12.0 Å². The first-order valence-electron chi connectivity index (χ1n) is 7.03. The molecule has 5 nitrogen and oxygen atoms in total. The molecule has 0 radical (unpaired) electrons. The number of esters is 1. The summed E-state index contributed by atoms with van der Waals surface area (Å²) in [7, 11) is 1.31. The number of hydrogen-bond acceptors (Lipinski definition) is 4. The highest BCUT2D eigenvalue weighted by Gasteiger charge is 2.30. The van der Waals surface area contributed by atoms with Crippen molar-refractivity contribution in [3.05, 3.63) is 29.8 Å². The number of carbonyl (C=O) groups is 2. The van der Waals surface area contributed by atoms with Crippen LogP contribution in [0.15, 0.2) is 29.3 Å². The quantitative estimate of drug-likeness (QED) is 0.797. The van der Waals surface area contributed by atoms with Gasteiger partial charge in [0.25, 0.3) is 5.91 Å². The van der Waals surface area contributed by atoms with Crippen LogP contribution in [0.25, 0.3) is 0 Å². The van der Waals surface area contributed by atoms with Gasteiger partial charge >= 0.3 is 5.97 Å². The van der Waals surface area contributed by atoms with Gasteiger partial charge in [-0.15, -0.1) is 0 Å². The van der Waals surface area contributed by atoms with Crippen LogP contribution in [0.3, 0.4) is 0 Å². The van der Waals surface area contributed by atoms with Crippen LogP contribution in [0, 0.1) is 5.92 Å². The lowest BCUT2D eigenvalue weighted by Gasteiger charge is -2.26. The van der Waals surface area contributed by atoms with Crippen molar-refractivity contribution in [3.8, 4) is 0 Å². The Morgan fingerprint density at radius 2 is 2.10 bits per heavy atom. The van der Waals surface area contributed by atoms with Crippen molar-refractivity contribution in [1.29, 1.82) is 0 Å². The number of aliphatic imine (C=N–C) groups is 1. The van der Waals surface area contributed by atoms with Gasteiger partial charge in [-0.25, -0.2) is 0 Å². The number of carbonyl (C=O) groups excluding carboxylic acids is 2. The minimum absolute atomic E-state index is 0.0333. The molecule has 1 heterocycles. The summed E-state index contributed by atoms with van der Waals surface area (Å²) in [6.45, 7) is 4.70. The summed E-state index contributed by atoms with van der Waals surface area (Å²) in [5.74, 6) is -0.268. The maximum Gasteiger partial charge on any atom is 0.308 e. The molecule has 0 saturated carbocycles. The normalized spacial score (nSPS) is 17.6. The van der Waals surface area contributed by atoms with Crippen molar-refractivity contribution in [3.63, 3.8) is 0 Å². The zero-order chi connectivity index (χ0) is 15.4. The van der Waals surface area contributed by atoms with E-state index in [-0.39, 0.29) is 12.3 Å². The lowest BCUT2D eigenvalue weighted by Crippen LogP contribution is -2.41. The number of hydrogen-bond donors (Lipinski definition) is 0. The van der Waals surface area contributed by atoms with E-state index >= 15 is 0 Å². The van der Waals surface area contributed by atoms with Crippen molar-refractivity contribution in [2.75, 3.05) is 18.6 Å². The third kappa shape index (κ3) is 3.48. The molecule has 0 aliphatic carbocycles. The van der Waals surface area contributed by atoms with E-state index < -0.39 is 12.0 Å². The van der Waals surface area contributed by atoms with Crippen LogP contribution in [-0.2, 0) is 14.3 Å². The first kappa shape index (κ1) is 15.2. The monoisotopic (exact) mass is 288 g/mol. The summed E-state index contributed by atoms with van der Waals surface area (Å²) in [4.78, 5) is 30.2. The van der Waals surface area contributed by atoms with Gasteiger partial charge in [0.05, 0.1) is 19.2 Å². The first-order chi connectivity index (χ1) is 10.0. The number of rotatable bonds is 4. The molecule has 1 aliphatic rings. The minimum atomic E-state index is -0.719. The van der Waals surface area contributed by atoms with Gasteiger partial charge in [0.2, 0.25) is 0 Å². The fourth-order valence-corrected chi connectivity index (χ4v) is 2.31. The van der Waals surface area contributed by atoms with Gasteiger partial charge in [0, 0.05) is 18.3 Å². The summed E-state index contributed by atoms with van der Waals surface area (Å²) < 4.78 is 4.65. The number of methoxy groups -OCH3 is 1. The number of benzodiazepines with no additional fused rings is 1. The van der Waals surface area contributed by atoms with Crippen LogP contribution in [0.4, 0.5) is 5.69 Å². The second-order valence-corrected chi connectivity index (χ2v) is 5.48. The highest BCUT2D eigenvalue weighted by molar-refractivity contribution is 6.06. The molecule has 1 aliphatic heterocycles. The van der Waals surface area contributed by atoms with Crippen molar-refractivity contribution in [2.24, 2.45) is 10.9 Å². The van der Waals surface area contributed by atoms with Gasteiger partial charge in [-0.2, -0.15) is 0 Å². The van der Waals surface area contributed by atoms with Crippen molar-refractivity contribution >= 4 is 23.8 Å². The maximum absolute atomic E-state index is 12.7. The van der Waals surface area contributed by atoms with Crippen LogP contribution in [-0.4, -0.2) is 37.8 Å². The molecule has 0 bridgehead atoms. The van der Waals surface area contributed by atoms with Crippen LogP contribution in [0.1, 0.15) is 25.8 Å². The molecule has 1 aromatic rings. The van der Waals surface area contributed by atoms with Crippen molar-refractivity contribution in [1.82, 2.24) is 0 Å². The molecule has 1 unspecified atom stereocenters. The fourth-order valence-electron chi connectivity index (χ4n) is 2.31. The average Bonchev–Trinajstić information content (AvgIpc) is 2.59. The van der Waals surface area contributed by atoms with E-state index in [1.165, 1.54) is 7.11 Å². The maximum atomic E-state index is 12.7. The standard InChI is InChI=1S/C16H20N2O3/c1-11(2)10-18-14-7-5-4-6-12(14)9-17-13(16(18)20)8-15(19)21-3/h4-7,9,11,13H,8,10H2,1-3H3. The number of fused-ring (bicyclic) bond motifs is 1. The summed E-state index contributed by atoms with van der Waals surface area (Å²) in [6, 6.07) is 6.91. The second-order valence-electron chi connectivity index (χ2n) is 5.48. The zero-order valence-corrected chi connectivity index (χ0v) is 12.6. The van der Waals surface area contributed by atoms with Crippen LogP contribution in [0.2, 0.25) is 0 Å². The first-order valence-corrected chi connectivity index (χ1v) is 7.03. The molecule has 0 saturated heterocycles. The van der Waals surface area contributed by atoms with Gasteiger partial charge in [-0.1, -0.05) is 32.0 Å². The lowest BCUT2D eigenvalue weighted by molar-refractivity contribution is -0.142. The smallest absolute Gasteiger partial charge is 0.308 e. The molecule has 1 amide bonds.